The molecule has 0 radical (unpaired) electrons. The molecule has 1 unspecified atom stereocenters. The summed E-state index contributed by atoms with van der Waals surface area (Å²) in [4.78, 5) is 0. The van der Waals surface area contributed by atoms with Crippen molar-refractivity contribution in [2.45, 2.75) is 25.0 Å². The summed E-state index contributed by atoms with van der Waals surface area (Å²) >= 11 is 1.90. The third-order valence-electron chi connectivity index (χ3n) is 2.38. The Hall–Kier alpha value is 0.700. The topological polar surface area (TPSA) is 12.5 Å². The van der Waals surface area contributed by atoms with Crippen LogP contribution >= 0.6 is 20.7 Å². The lowest BCUT2D eigenvalue weighted by Gasteiger charge is -2.15. The first-order valence-electron chi connectivity index (χ1n) is 4.08. The van der Waals surface area contributed by atoms with Crippen molar-refractivity contribution in [2.75, 3.05) is 18.6 Å². The van der Waals surface area contributed by atoms with Crippen LogP contribution in [0.5, 0.6) is 0 Å². The molecule has 3 atom stereocenters. The van der Waals surface area contributed by atoms with E-state index >= 15 is 0 Å². The standard InChI is InChI=1S/C7H14NOPS/c1-11-5-7-6-3-2-4-8(6)10-9-7/h6-7,10H,2-5H2,1H3/t6-,7+/m1/s1. The molecule has 2 aliphatic heterocycles. The van der Waals surface area contributed by atoms with E-state index in [9.17, 15) is 0 Å². The second-order valence-electron chi connectivity index (χ2n) is 3.11. The molecular weight excluding hydrogens is 177 g/mol. The minimum absolute atomic E-state index is 0.533. The molecule has 2 aliphatic rings. The summed E-state index contributed by atoms with van der Waals surface area (Å²) in [6.07, 6.45) is 5.43. The molecule has 0 saturated carbocycles. The Bertz CT molecular complexity index is 144. The van der Waals surface area contributed by atoms with Gasteiger partial charge in [0.25, 0.3) is 0 Å². The highest BCUT2D eigenvalue weighted by molar-refractivity contribution is 7.98. The fourth-order valence-corrected chi connectivity index (χ4v) is 3.75. The normalized spacial score (nSPS) is 40.1. The van der Waals surface area contributed by atoms with E-state index in [4.69, 9.17) is 4.52 Å². The summed E-state index contributed by atoms with van der Waals surface area (Å²) in [6, 6.07) is 0.765. The van der Waals surface area contributed by atoms with E-state index in [1.54, 1.807) is 0 Å². The van der Waals surface area contributed by atoms with Crippen LogP contribution in [0.25, 0.3) is 0 Å². The number of nitrogens with zero attached hydrogens (tertiary/aromatic N) is 1. The van der Waals surface area contributed by atoms with E-state index in [1.165, 1.54) is 25.1 Å². The van der Waals surface area contributed by atoms with Crippen LogP contribution in [0.2, 0.25) is 0 Å². The predicted octanol–water partition coefficient (Wildman–Crippen LogP) is 1.72. The highest BCUT2D eigenvalue weighted by Gasteiger charge is 2.37. The number of thioether (sulfide) groups is 1. The molecule has 0 bridgehead atoms. The quantitative estimate of drug-likeness (QED) is 0.617. The van der Waals surface area contributed by atoms with Crippen molar-refractivity contribution < 1.29 is 4.52 Å². The third kappa shape index (κ3) is 1.57. The maximum atomic E-state index is 5.69. The fraction of sp³-hybridized carbons (Fsp3) is 1.00. The monoisotopic (exact) mass is 191 g/mol. The molecule has 2 heterocycles. The summed E-state index contributed by atoms with van der Waals surface area (Å²) in [5, 5.41) is 0. The van der Waals surface area contributed by atoms with E-state index < -0.39 is 0 Å². The molecule has 0 spiro atoms. The van der Waals surface area contributed by atoms with Crippen molar-refractivity contribution in [3.05, 3.63) is 0 Å². The zero-order valence-corrected chi connectivity index (χ0v) is 8.56. The average molecular weight is 191 g/mol. The lowest BCUT2D eigenvalue weighted by molar-refractivity contribution is 0.239. The van der Waals surface area contributed by atoms with Crippen LogP contribution < -0.4 is 0 Å². The van der Waals surface area contributed by atoms with Crippen molar-refractivity contribution >= 4 is 20.7 Å². The number of hydrogen-bond donors (Lipinski definition) is 0. The van der Waals surface area contributed by atoms with Gasteiger partial charge in [-0.15, -0.1) is 0 Å². The minimum atomic E-state index is 0.533. The van der Waals surface area contributed by atoms with Crippen molar-refractivity contribution in [2.24, 2.45) is 0 Å². The van der Waals surface area contributed by atoms with Crippen molar-refractivity contribution in [3.8, 4) is 0 Å². The van der Waals surface area contributed by atoms with Gasteiger partial charge in [0.1, 0.15) is 0 Å². The molecule has 0 aromatic carbocycles. The third-order valence-corrected chi connectivity index (χ3v) is 4.24. The first-order valence-corrected chi connectivity index (χ1v) is 6.33. The second-order valence-corrected chi connectivity index (χ2v) is 5.01. The van der Waals surface area contributed by atoms with Gasteiger partial charge in [-0.2, -0.15) is 11.8 Å². The fourth-order valence-electron chi connectivity index (χ4n) is 1.82. The Kier molecular flexibility index (Phi) is 2.73. The molecule has 2 saturated heterocycles. The van der Waals surface area contributed by atoms with Gasteiger partial charge in [-0.1, -0.05) is 0 Å². The van der Waals surface area contributed by atoms with Gasteiger partial charge in [-0.05, 0) is 19.1 Å². The summed E-state index contributed by atoms with van der Waals surface area (Å²) in [5.74, 6) is 1.17. The summed E-state index contributed by atoms with van der Waals surface area (Å²) < 4.78 is 8.19. The van der Waals surface area contributed by atoms with Crippen LogP contribution in [0.3, 0.4) is 0 Å². The Balaban J connectivity index is 1.92. The molecule has 11 heavy (non-hydrogen) atoms. The Morgan fingerprint density at radius 1 is 1.73 bits per heavy atom. The molecule has 2 nitrogen and oxygen atoms in total. The van der Waals surface area contributed by atoms with Crippen molar-refractivity contribution in [3.63, 3.8) is 0 Å². The highest BCUT2D eigenvalue weighted by Crippen LogP contribution is 2.42. The van der Waals surface area contributed by atoms with Gasteiger partial charge in [-0.25, -0.2) is 0 Å². The van der Waals surface area contributed by atoms with Crippen LogP contribution in [0.4, 0.5) is 0 Å². The van der Waals surface area contributed by atoms with Crippen LogP contribution in [-0.2, 0) is 4.52 Å². The van der Waals surface area contributed by atoms with Crippen LogP contribution in [0.1, 0.15) is 12.8 Å². The molecule has 0 aliphatic carbocycles. The Morgan fingerprint density at radius 3 is 3.45 bits per heavy atom. The molecule has 4 heteroatoms. The first kappa shape index (κ1) is 8.31. The highest BCUT2D eigenvalue weighted by atomic mass is 32.2. The average Bonchev–Trinajstić information content (AvgIpc) is 2.53. The van der Waals surface area contributed by atoms with Crippen LogP contribution in [0, 0.1) is 0 Å². The number of rotatable bonds is 2. The zero-order valence-electron chi connectivity index (χ0n) is 6.75. The molecule has 64 valence electrons. The molecule has 0 aromatic heterocycles. The van der Waals surface area contributed by atoms with E-state index in [-0.39, 0.29) is 0 Å². The molecule has 0 amide bonds. The summed E-state index contributed by atoms with van der Waals surface area (Å²) in [7, 11) is 0.653. The van der Waals surface area contributed by atoms with Gasteiger partial charge in [0.05, 0.1) is 15.1 Å². The molecule has 0 N–H and O–H groups in total. The van der Waals surface area contributed by atoms with Gasteiger partial charge in [0.2, 0.25) is 0 Å². The van der Waals surface area contributed by atoms with E-state index in [0.29, 0.717) is 15.1 Å². The summed E-state index contributed by atoms with van der Waals surface area (Å²) in [5.41, 5.74) is 0. The molecular formula is C7H14NOPS. The van der Waals surface area contributed by atoms with Crippen molar-refractivity contribution in [1.82, 2.24) is 4.67 Å². The Morgan fingerprint density at radius 2 is 2.64 bits per heavy atom. The van der Waals surface area contributed by atoms with Crippen LogP contribution in [0.15, 0.2) is 0 Å². The summed E-state index contributed by atoms with van der Waals surface area (Å²) in [6.45, 7) is 1.27. The predicted molar refractivity (Wildman–Crippen MR) is 51.3 cm³/mol. The second kappa shape index (κ2) is 3.61. The largest absolute Gasteiger partial charge is 0.341 e. The maximum Gasteiger partial charge on any atom is 0.0898 e. The first-order chi connectivity index (χ1) is 5.42. The van der Waals surface area contributed by atoms with Gasteiger partial charge in [-0.3, -0.25) is 4.67 Å². The molecule has 2 fully saturated rings. The van der Waals surface area contributed by atoms with Gasteiger partial charge in [0.15, 0.2) is 0 Å². The lowest BCUT2D eigenvalue weighted by atomic mass is 10.1. The minimum Gasteiger partial charge on any atom is -0.341 e. The smallest absolute Gasteiger partial charge is 0.0898 e. The van der Waals surface area contributed by atoms with Gasteiger partial charge >= 0.3 is 0 Å². The van der Waals surface area contributed by atoms with E-state index in [1.807, 2.05) is 11.8 Å². The molecule has 2 rings (SSSR count). The van der Waals surface area contributed by atoms with Crippen molar-refractivity contribution in [1.29, 1.82) is 0 Å². The molecule has 0 aromatic rings. The van der Waals surface area contributed by atoms with E-state index in [0.717, 1.165) is 6.04 Å². The zero-order chi connectivity index (χ0) is 7.68. The van der Waals surface area contributed by atoms with E-state index in [2.05, 4.69) is 10.9 Å². The number of fused-ring (bicyclic) bond motifs is 1. The van der Waals surface area contributed by atoms with Gasteiger partial charge in [0, 0.05) is 18.3 Å². The Labute approximate surface area is 74.0 Å². The van der Waals surface area contributed by atoms with Gasteiger partial charge < -0.3 is 4.52 Å². The maximum absolute atomic E-state index is 5.69. The SMILES string of the molecule is CSC[C@@H]1OPN2CCC[C@H]12. The van der Waals surface area contributed by atoms with Crippen LogP contribution in [-0.4, -0.2) is 35.4 Å². The lowest BCUT2D eigenvalue weighted by Crippen LogP contribution is -2.29. The number of hydrogen-bond acceptors (Lipinski definition) is 3.